The summed E-state index contributed by atoms with van der Waals surface area (Å²) < 4.78 is 2.17. The molecule has 0 amide bonds. The van der Waals surface area contributed by atoms with Gasteiger partial charge >= 0.3 is 101 Å². The van der Waals surface area contributed by atoms with Gasteiger partial charge in [0.1, 0.15) is 0 Å². The van der Waals surface area contributed by atoms with Gasteiger partial charge in [0.05, 0.1) is 0 Å². The van der Waals surface area contributed by atoms with E-state index < -0.39 is 0 Å². The van der Waals surface area contributed by atoms with Crippen molar-refractivity contribution in [3.8, 4) is 0 Å². The second-order valence-electron chi connectivity index (χ2n) is 4.11. The summed E-state index contributed by atoms with van der Waals surface area (Å²) in [7, 11) is 0. The van der Waals surface area contributed by atoms with Crippen LogP contribution in [0.3, 0.4) is 0 Å². The van der Waals surface area contributed by atoms with Crippen molar-refractivity contribution in [3.05, 3.63) is 46.6 Å². The maximum atomic E-state index is 2.51. The fraction of sp³-hybridized carbons (Fsp3) is 0.429. The summed E-state index contributed by atoms with van der Waals surface area (Å²) in [4.78, 5) is 0. The molecule has 0 saturated heterocycles. The Morgan fingerprint density at radius 3 is 2.60 bits per heavy atom. The van der Waals surface area contributed by atoms with Crippen LogP contribution in [-0.2, 0) is 17.7 Å². The zero-order valence-electron chi connectivity index (χ0n) is 9.20. The van der Waals surface area contributed by atoms with Crippen molar-refractivity contribution in [1.82, 2.24) is 0 Å². The van der Waals surface area contributed by atoms with Gasteiger partial charge in [0.25, 0.3) is 0 Å². The summed E-state index contributed by atoms with van der Waals surface area (Å²) in [6.07, 6.45) is 21.4. The van der Waals surface area contributed by atoms with Gasteiger partial charge in [-0.2, -0.15) is 0 Å². The monoisotopic (exact) mass is 379 g/mol. The predicted molar refractivity (Wildman–Crippen MR) is 62.3 cm³/mol. The van der Waals surface area contributed by atoms with Crippen molar-refractivity contribution in [1.29, 1.82) is 0 Å². The van der Waals surface area contributed by atoms with Crippen LogP contribution in [-0.4, -0.2) is 0 Å². The van der Waals surface area contributed by atoms with Crippen LogP contribution in [0.15, 0.2) is 46.6 Å². The van der Waals surface area contributed by atoms with Crippen LogP contribution in [0, 0.1) is 0 Å². The first-order valence-corrected chi connectivity index (χ1v) is 8.01. The molecule has 0 saturated carbocycles. The van der Waals surface area contributed by atoms with Crippen molar-refractivity contribution in [3.63, 3.8) is 0 Å². The first-order valence-electron chi connectivity index (χ1n) is 5.61. The quantitative estimate of drug-likeness (QED) is 0.625. The summed E-state index contributed by atoms with van der Waals surface area (Å²) >= 11 is -0.00444. The Bertz CT molecular complexity index is 319. The van der Waals surface area contributed by atoms with Gasteiger partial charge in [-0.3, -0.25) is 0 Å². The third kappa shape index (κ3) is 3.29. The fourth-order valence-electron chi connectivity index (χ4n) is 1.78. The molecule has 0 atom stereocenters. The molecule has 0 unspecified atom stereocenters. The zero-order valence-corrected chi connectivity index (χ0v) is 11.6. The molecule has 2 aliphatic rings. The normalized spacial score (nSPS) is 23.9. The van der Waals surface area contributed by atoms with Gasteiger partial charge in [0, 0.05) is 0 Å². The van der Waals surface area contributed by atoms with Gasteiger partial charge in [0.2, 0.25) is 0 Å². The van der Waals surface area contributed by atoms with E-state index in [1.807, 2.05) is 0 Å². The predicted octanol–water partition coefficient (Wildman–Crippen LogP) is 4.39. The molecule has 0 aromatic heterocycles. The Hall–Kier alpha value is -0.391. The Morgan fingerprint density at radius 1 is 1.07 bits per heavy atom. The Labute approximate surface area is 101 Å². The van der Waals surface area contributed by atoms with Gasteiger partial charge < -0.3 is 0 Å². The SMILES string of the molecule is C[C]1([Ir-][C]2=CCCC=CCC2)C=CC=C1. The van der Waals surface area contributed by atoms with E-state index in [1.54, 1.807) is 4.09 Å². The maximum absolute atomic E-state index is 2.51. The van der Waals surface area contributed by atoms with E-state index >= 15 is 0 Å². The van der Waals surface area contributed by atoms with Crippen molar-refractivity contribution in [2.45, 2.75) is 36.5 Å². The summed E-state index contributed by atoms with van der Waals surface area (Å²) in [6, 6.07) is 0. The third-order valence-electron chi connectivity index (χ3n) is 2.62. The molecule has 0 nitrogen and oxygen atoms in total. The van der Waals surface area contributed by atoms with Gasteiger partial charge in [-0.1, -0.05) is 0 Å². The molecular weight excluding hydrogens is 360 g/mol. The first-order chi connectivity index (χ1) is 7.29. The van der Waals surface area contributed by atoms with Crippen LogP contribution in [0.5, 0.6) is 0 Å². The van der Waals surface area contributed by atoms with E-state index in [4.69, 9.17) is 0 Å². The van der Waals surface area contributed by atoms with Crippen LogP contribution in [0.25, 0.3) is 0 Å². The number of hydrogen-bond acceptors (Lipinski definition) is 0. The molecule has 84 valence electrons. The van der Waals surface area contributed by atoms with Gasteiger partial charge in [-0.05, 0) is 0 Å². The molecule has 2 aliphatic carbocycles. The Kier molecular flexibility index (Phi) is 3.77. The van der Waals surface area contributed by atoms with E-state index in [0.717, 1.165) is 0 Å². The van der Waals surface area contributed by atoms with Gasteiger partial charge in [-0.15, -0.1) is 0 Å². The average Bonchev–Trinajstić information content (AvgIpc) is 2.57. The molecule has 0 spiro atoms. The summed E-state index contributed by atoms with van der Waals surface area (Å²) in [5.41, 5.74) is 0. The molecule has 0 heterocycles. The van der Waals surface area contributed by atoms with E-state index in [1.165, 1.54) is 25.7 Å². The molecular formula is C14H18Ir-. The summed E-state index contributed by atoms with van der Waals surface area (Å²) in [5.74, 6) is 0. The number of allylic oxidation sites excluding steroid dienone is 8. The average molecular weight is 379 g/mol. The van der Waals surface area contributed by atoms with E-state index in [0.29, 0.717) is 3.93 Å². The molecule has 15 heavy (non-hydrogen) atoms. The van der Waals surface area contributed by atoms with Gasteiger partial charge in [0.15, 0.2) is 0 Å². The molecule has 2 rings (SSSR count). The fourth-order valence-corrected chi connectivity index (χ4v) is 5.53. The third-order valence-corrected chi connectivity index (χ3v) is 6.57. The van der Waals surface area contributed by atoms with Gasteiger partial charge in [-0.25, -0.2) is 0 Å². The minimum absolute atomic E-state index is 0.00444. The summed E-state index contributed by atoms with van der Waals surface area (Å²) in [6.45, 7) is 2.38. The second kappa shape index (κ2) is 5.09. The van der Waals surface area contributed by atoms with Crippen molar-refractivity contribution < 1.29 is 17.7 Å². The number of hydrogen-bond donors (Lipinski definition) is 0. The Morgan fingerprint density at radius 2 is 1.80 bits per heavy atom. The van der Waals surface area contributed by atoms with Crippen LogP contribution in [0.4, 0.5) is 0 Å². The van der Waals surface area contributed by atoms with Crippen molar-refractivity contribution in [2.75, 3.05) is 0 Å². The van der Waals surface area contributed by atoms with E-state index in [2.05, 4.69) is 49.5 Å². The summed E-state index contributed by atoms with van der Waals surface area (Å²) in [5, 5.41) is 0. The van der Waals surface area contributed by atoms with E-state index in [-0.39, 0.29) is 17.7 Å². The molecule has 0 aliphatic heterocycles. The molecule has 0 fully saturated rings. The zero-order chi connectivity index (χ0) is 10.6. The standard InChI is InChI=1S/C8H11.C6H7.Ir/c1-2-4-6-8-7-5-3-1;1-6-4-2-3-5-6;/h1-2,7H,3-6H2;2-5H,1H3;/q;;-1. The first kappa shape index (κ1) is 11.1. The second-order valence-corrected chi connectivity index (χ2v) is 8.83. The molecule has 0 radical (unpaired) electrons. The topological polar surface area (TPSA) is 0 Å². The number of rotatable bonds is 2. The molecule has 0 bridgehead atoms. The van der Waals surface area contributed by atoms with Crippen molar-refractivity contribution >= 4 is 0 Å². The van der Waals surface area contributed by atoms with Crippen molar-refractivity contribution in [2.24, 2.45) is 0 Å². The van der Waals surface area contributed by atoms with E-state index in [9.17, 15) is 0 Å². The van der Waals surface area contributed by atoms with Crippen LogP contribution in [0.1, 0.15) is 32.6 Å². The van der Waals surface area contributed by atoms with Crippen LogP contribution >= 0.6 is 0 Å². The Balaban J connectivity index is 1.98. The minimum atomic E-state index is -0.00444. The molecule has 0 aromatic carbocycles. The van der Waals surface area contributed by atoms with Crippen LogP contribution < -0.4 is 0 Å². The molecule has 0 aromatic rings. The molecule has 1 heteroatoms. The molecule has 0 N–H and O–H groups in total. The van der Waals surface area contributed by atoms with Crippen LogP contribution in [0.2, 0.25) is 3.93 Å².